The number of hydrogen-bond donors (Lipinski definition) is 2. The molecule has 2 unspecified atom stereocenters. The minimum Gasteiger partial charge on any atom is -0.388 e. The number of aromatic nitrogens is 1. The quantitative estimate of drug-likeness (QED) is 0.814. The summed E-state index contributed by atoms with van der Waals surface area (Å²) in [5.41, 5.74) is 2.34. The van der Waals surface area contributed by atoms with E-state index in [9.17, 15) is 5.11 Å². The highest BCUT2D eigenvalue weighted by atomic mass is 16.3. The van der Waals surface area contributed by atoms with Crippen LogP contribution in [0.2, 0.25) is 0 Å². The fraction of sp³-hybridized carbons (Fsp3) is 0.476. The molecule has 2 aromatic rings. The Morgan fingerprint density at radius 2 is 1.80 bits per heavy atom. The monoisotopic (exact) mass is 339 g/mol. The Balaban J connectivity index is 1.39. The predicted molar refractivity (Wildman–Crippen MR) is 101 cm³/mol. The zero-order valence-electron chi connectivity index (χ0n) is 15.0. The molecule has 0 aliphatic carbocycles. The van der Waals surface area contributed by atoms with E-state index in [0.717, 1.165) is 44.5 Å². The van der Waals surface area contributed by atoms with Crippen LogP contribution in [0.4, 0.5) is 0 Å². The Hall–Kier alpha value is -1.75. The molecule has 1 aliphatic rings. The van der Waals surface area contributed by atoms with E-state index in [1.807, 2.05) is 42.7 Å². The van der Waals surface area contributed by atoms with Gasteiger partial charge in [0.05, 0.1) is 6.10 Å². The van der Waals surface area contributed by atoms with Crippen LogP contribution in [0.1, 0.15) is 43.4 Å². The molecule has 2 atom stereocenters. The van der Waals surface area contributed by atoms with Gasteiger partial charge in [0.2, 0.25) is 0 Å². The van der Waals surface area contributed by atoms with E-state index in [0.29, 0.717) is 12.1 Å². The molecule has 2 heterocycles. The molecular weight excluding hydrogens is 310 g/mol. The van der Waals surface area contributed by atoms with Gasteiger partial charge in [-0.15, -0.1) is 0 Å². The molecule has 1 aromatic carbocycles. The fourth-order valence-electron chi connectivity index (χ4n) is 3.62. The zero-order valence-corrected chi connectivity index (χ0v) is 15.0. The van der Waals surface area contributed by atoms with Crippen LogP contribution in [0.25, 0.3) is 0 Å². The summed E-state index contributed by atoms with van der Waals surface area (Å²) >= 11 is 0. The third kappa shape index (κ3) is 5.63. The Bertz CT molecular complexity index is 612. The summed E-state index contributed by atoms with van der Waals surface area (Å²) in [4.78, 5) is 6.59. The lowest BCUT2D eigenvalue weighted by molar-refractivity contribution is 0.141. The first-order chi connectivity index (χ1) is 12.2. The molecule has 0 radical (unpaired) electrons. The van der Waals surface area contributed by atoms with Crippen molar-refractivity contribution in [2.24, 2.45) is 0 Å². The maximum Gasteiger partial charge on any atom is 0.0804 e. The van der Waals surface area contributed by atoms with Crippen molar-refractivity contribution >= 4 is 0 Å². The molecule has 4 heteroatoms. The molecule has 0 spiro atoms. The molecule has 1 saturated heterocycles. The molecule has 0 bridgehead atoms. The second-order valence-corrected chi connectivity index (χ2v) is 7.14. The first kappa shape index (κ1) is 18.1. The Labute approximate surface area is 150 Å². The third-order valence-electron chi connectivity index (χ3n) is 5.02. The summed E-state index contributed by atoms with van der Waals surface area (Å²) in [5, 5.41) is 14.1. The largest absolute Gasteiger partial charge is 0.388 e. The van der Waals surface area contributed by atoms with E-state index < -0.39 is 6.10 Å². The molecule has 0 amide bonds. The maximum atomic E-state index is 10.4. The molecule has 2 N–H and O–H groups in total. The van der Waals surface area contributed by atoms with Crippen molar-refractivity contribution < 1.29 is 5.11 Å². The van der Waals surface area contributed by atoms with E-state index in [4.69, 9.17) is 0 Å². The number of aliphatic hydroxyl groups is 1. The summed E-state index contributed by atoms with van der Waals surface area (Å²) in [7, 11) is 0. The van der Waals surface area contributed by atoms with Crippen LogP contribution in [0.3, 0.4) is 0 Å². The van der Waals surface area contributed by atoms with Crippen molar-refractivity contribution in [2.45, 2.75) is 50.9 Å². The lowest BCUT2D eigenvalue weighted by Crippen LogP contribution is -2.45. The number of rotatable bonds is 7. The highest BCUT2D eigenvalue weighted by Crippen LogP contribution is 2.19. The minimum absolute atomic E-state index is 0.312. The number of hydrogen-bond acceptors (Lipinski definition) is 4. The molecule has 1 aromatic heterocycles. The number of aliphatic hydroxyl groups excluding tert-OH is 1. The van der Waals surface area contributed by atoms with Crippen LogP contribution in [-0.4, -0.2) is 40.2 Å². The second kappa shape index (κ2) is 9.09. The maximum absolute atomic E-state index is 10.4. The van der Waals surface area contributed by atoms with Crippen molar-refractivity contribution in [3.63, 3.8) is 0 Å². The molecule has 134 valence electrons. The van der Waals surface area contributed by atoms with Crippen LogP contribution >= 0.6 is 0 Å². The highest BCUT2D eigenvalue weighted by molar-refractivity contribution is 5.17. The summed E-state index contributed by atoms with van der Waals surface area (Å²) < 4.78 is 0. The average Bonchev–Trinajstić information content (AvgIpc) is 2.65. The number of nitrogens with one attached hydrogen (secondary N) is 1. The molecule has 1 aliphatic heterocycles. The first-order valence-corrected chi connectivity index (χ1v) is 9.31. The second-order valence-electron chi connectivity index (χ2n) is 7.14. The summed E-state index contributed by atoms with van der Waals surface area (Å²) in [5.74, 6) is 0. The standard InChI is InChI=1S/C21H29N3O/c1-17(15-21(25)19-5-3-2-4-6-19)23-20-9-13-24(14-10-20)16-18-7-11-22-12-8-18/h2-8,11-12,17,20-21,23,25H,9-10,13-16H2,1H3. The summed E-state index contributed by atoms with van der Waals surface area (Å²) in [6.45, 7) is 5.43. The Kier molecular flexibility index (Phi) is 6.56. The normalized spacial score (nSPS) is 18.8. The molecular formula is C21H29N3O. The fourth-order valence-corrected chi connectivity index (χ4v) is 3.62. The smallest absolute Gasteiger partial charge is 0.0804 e. The van der Waals surface area contributed by atoms with Crippen molar-refractivity contribution in [3.05, 3.63) is 66.0 Å². The number of benzene rings is 1. The van der Waals surface area contributed by atoms with Crippen molar-refractivity contribution in [2.75, 3.05) is 13.1 Å². The molecule has 0 saturated carbocycles. The van der Waals surface area contributed by atoms with Crippen LogP contribution in [0.5, 0.6) is 0 Å². The van der Waals surface area contributed by atoms with Gasteiger partial charge in [0.25, 0.3) is 0 Å². The number of pyridine rings is 1. The van der Waals surface area contributed by atoms with Gasteiger partial charge in [-0.05, 0) is 62.5 Å². The molecule has 3 rings (SSSR count). The van der Waals surface area contributed by atoms with Gasteiger partial charge in [-0.25, -0.2) is 0 Å². The first-order valence-electron chi connectivity index (χ1n) is 9.31. The number of nitrogens with zero attached hydrogens (tertiary/aromatic N) is 2. The van der Waals surface area contributed by atoms with Gasteiger partial charge in [0, 0.05) is 31.0 Å². The predicted octanol–water partition coefficient (Wildman–Crippen LogP) is 3.15. The van der Waals surface area contributed by atoms with Crippen molar-refractivity contribution in [1.82, 2.24) is 15.2 Å². The van der Waals surface area contributed by atoms with E-state index in [2.05, 4.69) is 34.3 Å². The van der Waals surface area contributed by atoms with E-state index in [1.54, 1.807) is 0 Å². The number of likely N-dealkylation sites (tertiary alicyclic amines) is 1. The Morgan fingerprint density at radius 3 is 2.48 bits per heavy atom. The molecule has 25 heavy (non-hydrogen) atoms. The number of piperidine rings is 1. The van der Waals surface area contributed by atoms with Gasteiger partial charge in [0.15, 0.2) is 0 Å². The van der Waals surface area contributed by atoms with Gasteiger partial charge >= 0.3 is 0 Å². The molecule has 1 fully saturated rings. The third-order valence-corrected chi connectivity index (χ3v) is 5.02. The van der Waals surface area contributed by atoms with Gasteiger partial charge in [-0.3, -0.25) is 9.88 Å². The van der Waals surface area contributed by atoms with Crippen molar-refractivity contribution in [1.29, 1.82) is 0 Å². The topological polar surface area (TPSA) is 48.4 Å². The van der Waals surface area contributed by atoms with Gasteiger partial charge in [-0.1, -0.05) is 30.3 Å². The van der Waals surface area contributed by atoms with Gasteiger partial charge in [-0.2, -0.15) is 0 Å². The van der Waals surface area contributed by atoms with Crippen LogP contribution in [0.15, 0.2) is 54.9 Å². The summed E-state index contributed by atoms with van der Waals surface area (Å²) in [6.07, 6.45) is 6.41. The minimum atomic E-state index is -0.393. The van der Waals surface area contributed by atoms with E-state index >= 15 is 0 Å². The van der Waals surface area contributed by atoms with Crippen LogP contribution < -0.4 is 5.32 Å². The average molecular weight is 339 g/mol. The van der Waals surface area contributed by atoms with E-state index in [1.165, 1.54) is 5.56 Å². The van der Waals surface area contributed by atoms with Crippen LogP contribution in [-0.2, 0) is 6.54 Å². The summed E-state index contributed by atoms with van der Waals surface area (Å²) in [6, 6.07) is 15.0. The lowest BCUT2D eigenvalue weighted by Gasteiger charge is -2.34. The zero-order chi connectivity index (χ0) is 17.5. The SMILES string of the molecule is CC(CC(O)c1ccccc1)NC1CCN(Cc2ccncc2)CC1. The molecule has 4 nitrogen and oxygen atoms in total. The van der Waals surface area contributed by atoms with Crippen molar-refractivity contribution in [3.8, 4) is 0 Å². The van der Waals surface area contributed by atoms with E-state index in [-0.39, 0.29) is 0 Å². The Morgan fingerprint density at radius 1 is 1.12 bits per heavy atom. The van der Waals surface area contributed by atoms with Gasteiger partial charge < -0.3 is 10.4 Å². The van der Waals surface area contributed by atoms with Crippen LogP contribution in [0, 0.1) is 0 Å². The lowest BCUT2D eigenvalue weighted by atomic mass is 9.99. The van der Waals surface area contributed by atoms with Gasteiger partial charge in [0.1, 0.15) is 0 Å². The highest BCUT2D eigenvalue weighted by Gasteiger charge is 2.21.